The van der Waals surface area contributed by atoms with Gasteiger partial charge >= 0.3 is 0 Å². The zero-order chi connectivity index (χ0) is 20.3. The molecule has 30 heavy (non-hydrogen) atoms. The van der Waals surface area contributed by atoms with Crippen molar-refractivity contribution in [3.8, 4) is 5.75 Å². The summed E-state index contributed by atoms with van der Waals surface area (Å²) in [4.78, 5) is 7.32. The number of rotatable bonds is 3. The van der Waals surface area contributed by atoms with Crippen molar-refractivity contribution in [3.05, 3.63) is 102 Å². The van der Waals surface area contributed by atoms with E-state index in [9.17, 15) is 0 Å². The van der Waals surface area contributed by atoms with Crippen LogP contribution >= 0.6 is 0 Å². The van der Waals surface area contributed by atoms with Crippen LogP contribution in [0.5, 0.6) is 5.75 Å². The molecule has 148 valence electrons. The first kappa shape index (κ1) is 18.4. The molecule has 0 unspecified atom stereocenters. The second kappa shape index (κ2) is 8.03. The van der Waals surface area contributed by atoms with Gasteiger partial charge in [0.2, 0.25) is 0 Å². The predicted octanol–water partition coefficient (Wildman–Crippen LogP) is 6.54. The van der Waals surface area contributed by atoms with Crippen molar-refractivity contribution in [1.82, 2.24) is 4.98 Å². The van der Waals surface area contributed by atoms with E-state index in [0.29, 0.717) is 6.54 Å². The van der Waals surface area contributed by atoms with E-state index in [1.807, 2.05) is 12.1 Å². The maximum absolute atomic E-state index is 5.62. The number of para-hydroxylation sites is 1. The monoisotopic (exact) mass is 392 g/mol. The molecule has 0 saturated heterocycles. The number of pyridine rings is 1. The minimum atomic E-state index is 0.684. The molecule has 0 N–H and O–H groups in total. The number of hydrogen-bond acceptors (Lipinski definition) is 3. The number of nitrogens with zero attached hydrogens (tertiary/aromatic N) is 2. The van der Waals surface area contributed by atoms with Gasteiger partial charge in [-0.25, -0.2) is 4.98 Å². The van der Waals surface area contributed by atoms with Gasteiger partial charge in [0, 0.05) is 16.6 Å². The number of aromatic nitrogens is 1. The number of ether oxygens (including phenoxy) is 1. The number of allylic oxidation sites excluding steroid dienone is 1. The van der Waals surface area contributed by atoms with Crippen LogP contribution in [-0.2, 0) is 13.0 Å². The summed E-state index contributed by atoms with van der Waals surface area (Å²) >= 11 is 0. The third kappa shape index (κ3) is 3.55. The highest BCUT2D eigenvalue weighted by atomic mass is 16.5. The van der Waals surface area contributed by atoms with Crippen molar-refractivity contribution in [1.29, 1.82) is 0 Å². The zero-order valence-electron chi connectivity index (χ0n) is 17.1. The lowest BCUT2D eigenvalue weighted by atomic mass is 10.1. The summed E-state index contributed by atoms with van der Waals surface area (Å²) in [5.74, 6) is 1.83. The van der Waals surface area contributed by atoms with Gasteiger partial charge in [-0.3, -0.25) is 0 Å². The summed E-state index contributed by atoms with van der Waals surface area (Å²) in [5.41, 5.74) is 5.83. The van der Waals surface area contributed by atoms with Crippen molar-refractivity contribution in [3.63, 3.8) is 0 Å². The summed E-state index contributed by atoms with van der Waals surface area (Å²) < 4.78 is 5.62. The van der Waals surface area contributed by atoms with Crippen molar-refractivity contribution in [2.45, 2.75) is 19.4 Å². The lowest BCUT2D eigenvalue weighted by Crippen LogP contribution is -2.18. The van der Waals surface area contributed by atoms with Gasteiger partial charge < -0.3 is 9.64 Å². The van der Waals surface area contributed by atoms with E-state index in [1.54, 1.807) is 7.11 Å². The van der Waals surface area contributed by atoms with E-state index >= 15 is 0 Å². The van der Waals surface area contributed by atoms with Crippen molar-refractivity contribution in [2.75, 3.05) is 12.0 Å². The summed E-state index contributed by atoms with van der Waals surface area (Å²) in [7, 11) is 1.72. The molecule has 4 aromatic rings. The highest BCUT2D eigenvalue weighted by Gasteiger charge is 2.16. The Balaban J connectivity index is 1.69. The van der Waals surface area contributed by atoms with E-state index in [2.05, 4.69) is 83.8 Å². The largest absolute Gasteiger partial charge is 0.496 e. The molecule has 1 aromatic heterocycles. The lowest BCUT2D eigenvalue weighted by molar-refractivity contribution is 0.409. The molecule has 2 aliphatic rings. The smallest absolute Gasteiger partial charge is 0.134 e. The van der Waals surface area contributed by atoms with Crippen LogP contribution in [0.25, 0.3) is 17.0 Å². The molecule has 0 fully saturated rings. The van der Waals surface area contributed by atoms with Gasteiger partial charge in [0.1, 0.15) is 11.6 Å². The van der Waals surface area contributed by atoms with Gasteiger partial charge in [-0.05, 0) is 60.4 Å². The van der Waals surface area contributed by atoms with Crippen molar-refractivity contribution < 1.29 is 4.74 Å². The molecule has 6 rings (SSSR count). The fourth-order valence-electron chi connectivity index (χ4n) is 4.11. The summed E-state index contributed by atoms with van der Waals surface area (Å²) in [6.45, 7) is 0.684. The minimum Gasteiger partial charge on any atom is -0.496 e. The van der Waals surface area contributed by atoms with Gasteiger partial charge in [-0.2, -0.15) is 0 Å². The number of benzene rings is 3. The number of methoxy groups -OCH3 is 1. The molecule has 2 aliphatic heterocycles. The molecule has 0 spiro atoms. The van der Waals surface area contributed by atoms with Gasteiger partial charge in [0.25, 0.3) is 0 Å². The van der Waals surface area contributed by atoms with Crippen LogP contribution in [0, 0.1) is 0 Å². The molecule has 0 aliphatic carbocycles. The van der Waals surface area contributed by atoms with Crippen LogP contribution in [0.1, 0.15) is 23.1 Å². The van der Waals surface area contributed by atoms with Crippen LogP contribution in [0.2, 0.25) is 0 Å². The normalized spacial score (nSPS) is 14.2. The van der Waals surface area contributed by atoms with Crippen LogP contribution in [-0.4, -0.2) is 12.1 Å². The highest BCUT2D eigenvalue weighted by Crippen LogP contribution is 2.32. The minimum absolute atomic E-state index is 0.684. The third-order valence-electron chi connectivity index (χ3n) is 5.67. The summed E-state index contributed by atoms with van der Waals surface area (Å²) in [6, 6.07) is 27.6. The Morgan fingerprint density at radius 1 is 0.933 bits per heavy atom. The topological polar surface area (TPSA) is 25.4 Å². The standard InChI is InChI=1S/C27H24N2O/c1-30-26-15-5-4-11-22(26)19-29-23-13-6-9-20(18-23)8-2-3-10-21-12-7-14-25-24(21)16-17-27(29)28-25/h3-7,9-18H,2,8,19H2,1H3/b10-3+. The van der Waals surface area contributed by atoms with E-state index < -0.39 is 0 Å². The first-order chi connectivity index (χ1) is 14.8. The Morgan fingerprint density at radius 2 is 1.83 bits per heavy atom. The highest BCUT2D eigenvalue weighted by molar-refractivity contribution is 5.89. The predicted molar refractivity (Wildman–Crippen MR) is 124 cm³/mol. The third-order valence-corrected chi connectivity index (χ3v) is 5.67. The van der Waals surface area contributed by atoms with Gasteiger partial charge in [-0.1, -0.05) is 54.6 Å². The molecule has 0 amide bonds. The molecule has 0 saturated carbocycles. The van der Waals surface area contributed by atoms with Crippen LogP contribution in [0.4, 0.5) is 11.5 Å². The average molecular weight is 393 g/mol. The SMILES string of the molecule is COc1ccccc1CN1c2cccc(c2)CC/C=C/c2cccc3nc1ccc23. The molecule has 3 aromatic carbocycles. The van der Waals surface area contributed by atoms with Crippen molar-refractivity contribution in [2.24, 2.45) is 0 Å². The number of anilines is 2. The van der Waals surface area contributed by atoms with E-state index in [1.165, 1.54) is 16.5 Å². The zero-order valence-corrected chi connectivity index (χ0v) is 17.1. The number of fused-ring (bicyclic) bond motifs is 3. The summed E-state index contributed by atoms with van der Waals surface area (Å²) in [6.07, 6.45) is 6.51. The molecule has 0 radical (unpaired) electrons. The maximum Gasteiger partial charge on any atom is 0.134 e. The molecule has 3 heterocycles. The molecule has 6 bridgehead atoms. The van der Waals surface area contributed by atoms with E-state index in [0.717, 1.165) is 41.2 Å². The fourth-order valence-corrected chi connectivity index (χ4v) is 4.11. The molecule has 3 heteroatoms. The van der Waals surface area contributed by atoms with E-state index in [4.69, 9.17) is 9.72 Å². The Hall–Kier alpha value is -3.59. The molecular formula is C27H24N2O. The maximum atomic E-state index is 5.62. The van der Waals surface area contributed by atoms with Crippen LogP contribution in [0.15, 0.2) is 84.9 Å². The fraction of sp³-hybridized carbons (Fsp3) is 0.148. The molecule has 0 atom stereocenters. The lowest BCUT2D eigenvalue weighted by Gasteiger charge is -2.26. The van der Waals surface area contributed by atoms with Gasteiger partial charge in [0.15, 0.2) is 0 Å². The Morgan fingerprint density at radius 3 is 2.77 bits per heavy atom. The Bertz CT molecular complexity index is 1230. The number of aryl methyl sites for hydroxylation is 1. The van der Waals surface area contributed by atoms with Crippen LogP contribution in [0.3, 0.4) is 0 Å². The first-order valence-corrected chi connectivity index (χ1v) is 10.4. The van der Waals surface area contributed by atoms with Crippen molar-refractivity contribution >= 4 is 28.5 Å². The number of hydrogen-bond donors (Lipinski definition) is 0. The van der Waals surface area contributed by atoms with Gasteiger partial charge in [0.05, 0.1) is 19.2 Å². The quantitative estimate of drug-likeness (QED) is 0.396. The second-order valence-electron chi connectivity index (χ2n) is 7.59. The Labute approximate surface area is 177 Å². The second-order valence-corrected chi connectivity index (χ2v) is 7.59. The van der Waals surface area contributed by atoms with Crippen LogP contribution < -0.4 is 9.64 Å². The molecule has 3 nitrogen and oxygen atoms in total. The van der Waals surface area contributed by atoms with Gasteiger partial charge in [-0.15, -0.1) is 0 Å². The first-order valence-electron chi connectivity index (χ1n) is 10.4. The average Bonchev–Trinajstić information content (AvgIpc) is 2.80. The summed E-state index contributed by atoms with van der Waals surface area (Å²) in [5, 5.41) is 1.18. The molecular weight excluding hydrogens is 368 g/mol. The van der Waals surface area contributed by atoms with E-state index in [-0.39, 0.29) is 0 Å². The Kier molecular flexibility index (Phi) is 4.94.